The third-order valence-corrected chi connectivity index (χ3v) is 5.65. The number of nitrogens with zero attached hydrogens (tertiary/aromatic N) is 3. The van der Waals surface area contributed by atoms with Gasteiger partial charge in [-0.05, 0) is 30.2 Å². The molecule has 1 aliphatic rings. The summed E-state index contributed by atoms with van der Waals surface area (Å²) in [4.78, 5) is 9.65. The van der Waals surface area contributed by atoms with Crippen molar-refractivity contribution in [3.63, 3.8) is 0 Å². The summed E-state index contributed by atoms with van der Waals surface area (Å²) in [6.07, 6.45) is 0. The number of nitrogens with one attached hydrogen (secondary N) is 1. The van der Waals surface area contributed by atoms with Gasteiger partial charge in [0.1, 0.15) is 0 Å². The van der Waals surface area contributed by atoms with Gasteiger partial charge in [-0.3, -0.25) is 9.89 Å². The van der Waals surface area contributed by atoms with E-state index in [0.717, 1.165) is 62.4 Å². The van der Waals surface area contributed by atoms with Crippen molar-refractivity contribution in [1.82, 2.24) is 15.1 Å². The molecule has 0 amide bonds. The number of rotatable bonds is 9. The lowest BCUT2D eigenvalue weighted by Gasteiger charge is -2.34. The van der Waals surface area contributed by atoms with Crippen LogP contribution in [0.25, 0.3) is 0 Å². The second-order valence-corrected chi connectivity index (χ2v) is 7.81. The number of benzene rings is 2. The molecule has 7 heteroatoms. The quantitative estimate of drug-likeness (QED) is 0.478. The fraction of sp³-hybridized carbons (Fsp3) is 0.480. The van der Waals surface area contributed by atoms with Crippen molar-refractivity contribution in [3.05, 3.63) is 59.7 Å². The molecule has 1 aliphatic heterocycles. The molecule has 0 bridgehead atoms. The molecule has 1 fully saturated rings. The molecule has 7 nitrogen and oxygen atoms in total. The van der Waals surface area contributed by atoms with E-state index in [2.05, 4.69) is 65.5 Å². The van der Waals surface area contributed by atoms with E-state index in [1.165, 1.54) is 5.56 Å². The zero-order valence-corrected chi connectivity index (χ0v) is 19.7. The van der Waals surface area contributed by atoms with Gasteiger partial charge in [0.2, 0.25) is 0 Å². The first kappa shape index (κ1) is 23.9. The van der Waals surface area contributed by atoms with Crippen LogP contribution in [-0.4, -0.2) is 76.4 Å². The predicted octanol–water partition coefficient (Wildman–Crippen LogP) is 3.17. The van der Waals surface area contributed by atoms with E-state index in [1.807, 2.05) is 12.1 Å². The number of guanidine groups is 1. The van der Waals surface area contributed by atoms with Crippen molar-refractivity contribution >= 4 is 5.96 Å². The molecule has 174 valence electrons. The van der Waals surface area contributed by atoms with Crippen molar-refractivity contribution < 1.29 is 14.2 Å². The van der Waals surface area contributed by atoms with Crippen LogP contribution in [0.3, 0.4) is 0 Å². The number of hydrogen-bond donors (Lipinski definition) is 1. The van der Waals surface area contributed by atoms with Gasteiger partial charge in [-0.15, -0.1) is 0 Å². The van der Waals surface area contributed by atoms with E-state index < -0.39 is 0 Å². The van der Waals surface area contributed by atoms with E-state index >= 15 is 0 Å². The molecule has 0 saturated carbocycles. The average Bonchev–Trinajstić information content (AvgIpc) is 2.84. The van der Waals surface area contributed by atoms with E-state index in [-0.39, 0.29) is 6.04 Å². The van der Waals surface area contributed by atoms with Crippen molar-refractivity contribution in [2.24, 2.45) is 4.99 Å². The molecule has 1 atom stereocenters. The van der Waals surface area contributed by atoms with Crippen molar-refractivity contribution in [1.29, 1.82) is 0 Å². The van der Waals surface area contributed by atoms with Crippen molar-refractivity contribution in [2.45, 2.75) is 19.5 Å². The molecule has 0 aromatic heterocycles. The molecule has 3 rings (SSSR count). The van der Waals surface area contributed by atoms with E-state index in [0.29, 0.717) is 6.54 Å². The lowest BCUT2D eigenvalue weighted by Crippen LogP contribution is -2.42. The maximum Gasteiger partial charge on any atom is 0.194 e. The molecular weight excluding hydrogens is 404 g/mol. The Kier molecular flexibility index (Phi) is 9.19. The lowest BCUT2D eigenvalue weighted by molar-refractivity contribution is 0.0179. The molecule has 1 unspecified atom stereocenters. The summed E-state index contributed by atoms with van der Waals surface area (Å²) in [5.74, 6) is 2.37. The van der Waals surface area contributed by atoms with Gasteiger partial charge < -0.3 is 24.4 Å². The monoisotopic (exact) mass is 440 g/mol. The van der Waals surface area contributed by atoms with Crippen LogP contribution in [0.15, 0.2) is 53.5 Å². The summed E-state index contributed by atoms with van der Waals surface area (Å²) in [5.41, 5.74) is 2.42. The summed E-state index contributed by atoms with van der Waals surface area (Å²) in [5, 5.41) is 3.44. The third kappa shape index (κ3) is 6.37. The van der Waals surface area contributed by atoms with Gasteiger partial charge in [0.15, 0.2) is 17.5 Å². The first-order chi connectivity index (χ1) is 15.7. The van der Waals surface area contributed by atoms with Gasteiger partial charge in [-0.2, -0.15) is 0 Å². The van der Waals surface area contributed by atoms with E-state index in [4.69, 9.17) is 19.2 Å². The van der Waals surface area contributed by atoms with Crippen molar-refractivity contribution in [2.75, 3.05) is 60.7 Å². The molecule has 0 aliphatic carbocycles. The molecule has 0 spiro atoms. The highest BCUT2D eigenvalue weighted by Crippen LogP contribution is 2.32. The van der Waals surface area contributed by atoms with Crippen LogP contribution in [-0.2, 0) is 11.3 Å². The Balaban J connectivity index is 1.84. The van der Waals surface area contributed by atoms with Gasteiger partial charge in [-0.1, -0.05) is 36.4 Å². The fourth-order valence-corrected chi connectivity index (χ4v) is 3.96. The van der Waals surface area contributed by atoms with Gasteiger partial charge in [-0.25, -0.2) is 0 Å². The Bertz CT molecular complexity index is 854. The molecule has 1 N–H and O–H groups in total. The Labute approximate surface area is 192 Å². The SMILES string of the molecule is CCNC(=NCC(c1ccc(OC)c(OC)c1)N1CCOCC1)N(C)Cc1ccccc1. The number of morpholine rings is 1. The van der Waals surface area contributed by atoms with Crippen LogP contribution in [0.5, 0.6) is 11.5 Å². The van der Waals surface area contributed by atoms with Gasteiger partial charge in [0.05, 0.1) is 40.0 Å². The van der Waals surface area contributed by atoms with Gasteiger partial charge in [0, 0.05) is 33.2 Å². The Hall–Kier alpha value is -2.77. The summed E-state index contributed by atoms with van der Waals surface area (Å²) >= 11 is 0. The fourth-order valence-electron chi connectivity index (χ4n) is 3.96. The van der Waals surface area contributed by atoms with E-state index in [1.54, 1.807) is 14.2 Å². The molecule has 1 heterocycles. The van der Waals surface area contributed by atoms with Crippen LogP contribution >= 0.6 is 0 Å². The standard InChI is InChI=1S/C25H36N4O3/c1-5-26-25(28(2)19-20-9-7-6-8-10-20)27-18-22(29-13-15-32-16-14-29)21-11-12-23(30-3)24(17-21)31-4/h6-12,17,22H,5,13-16,18-19H2,1-4H3,(H,26,27). The minimum absolute atomic E-state index is 0.123. The summed E-state index contributed by atoms with van der Waals surface area (Å²) in [6.45, 7) is 7.58. The molecule has 0 radical (unpaired) electrons. The largest absolute Gasteiger partial charge is 0.493 e. The number of aliphatic imine (C=N–C) groups is 1. The van der Waals surface area contributed by atoms with Crippen LogP contribution < -0.4 is 14.8 Å². The number of methoxy groups -OCH3 is 2. The summed E-state index contributed by atoms with van der Waals surface area (Å²) in [6, 6.07) is 16.7. The van der Waals surface area contributed by atoms with Crippen molar-refractivity contribution in [3.8, 4) is 11.5 Å². The summed E-state index contributed by atoms with van der Waals surface area (Å²) < 4.78 is 16.6. The molecule has 32 heavy (non-hydrogen) atoms. The highest BCUT2D eigenvalue weighted by atomic mass is 16.5. The average molecular weight is 441 g/mol. The second-order valence-electron chi connectivity index (χ2n) is 7.81. The van der Waals surface area contributed by atoms with Crippen LogP contribution in [0, 0.1) is 0 Å². The van der Waals surface area contributed by atoms with Gasteiger partial charge >= 0.3 is 0 Å². The summed E-state index contributed by atoms with van der Waals surface area (Å²) in [7, 11) is 5.41. The first-order valence-corrected chi connectivity index (χ1v) is 11.2. The first-order valence-electron chi connectivity index (χ1n) is 11.2. The predicted molar refractivity (Wildman–Crippen MR) is 129 cm³/mol. The van der Waals surface area contributed by atoms with E-state index in [9.17, 15) is 0 Å². The van der Waals surface area contributed by atoms with Gasteiger partial charge in [0.25, 0.3) is 0 Å². The molecule has 2 aromatic carbocycles. The Morgan fingerprint density at radius 1 is 1.09 bits per heavy atom. The smallest absolute Gasteiger partial charge is 0.194 e. The Morgan fingerprint density at radius 3 is 2.47 bits per heavy atom. The molecular formula is C25H36N4O3. The second kappa shape index (κ2) is 12.3. The third-order valence-electron chi connectivity index (χ3n) is 5.65. The molecule has 2 aromatic rings. The van der Waals surface area contributed by atoms with Crippen LogP contribution in [0.2, 0.25) is 0 Å². The van der Waals surface area contributed by atoms with Crippen LogP contribution in [0.4, 0.5) is 0 Å². The maximum atomic E-state index is 5.59. The zero-order valence-electron chi connectivity index (χ0n) is 19.7. The number of hydrogen-bond acceptors (Lipinski definition) is 5. The maximum absolute atomic E-state index is 5.59. The minimum Gasteiger partial charge on any atom is -0.493 e. The zero-order chi connectivity index (χ0) is 22.8. The minimum atomic E-state index is 0.123. The number of ether oxygens (including phenoxy) is 3. The topological polar surface area (TPSA) is 58.6 Å². The Morgan fingerprint density at radius 2 is 1.81 bits per heavy atom. The highest BCUT2D eigenvalue weighted by molar-refractivity contribution is 5.79. The van der Waals surface area contributed by atoms with Crippen LogP contribution in [0.1, 0.15) is 24.1 Å². The highest BCUT2D eigenvalue weighted by Gasteiger charge is 2.24. The normalized spacial score (nSPS) is 15.8. The lowest BCUT2D eigenvalue weighted by atomic mass is 10.0. The molecule has 1 saturated heterocycles.